The molecule has 0 bridgehead atoms. The van der Waals surface area contributed by atoms with Gasteiger partial charge in [0.15, 0.2) is 0 Å². The van der Waals surface area contributed by atoms with E-state index >= 15 is 0 Å². The van der Waals surface area contributed by atoms with Crippen LogP contribution in [0.3, 0.4) is 0 Å². The molecule has 10 nitrogen and oxygen atoms in total. The second kappa shape index (κ2) is 10.1. The van der Waals surface area contributed by atoms with Crippen molar-refractivity contribution in [1.82, 2.24) is 5.32 Å². The summed E-state index contributed by atoms with van der Waals surface area (Å²) in [5, 5.41) is 13.8. The van der Waals surface area contributed by atoms with Crippen molar-refractivity contribution in [3.05, 3.63) is 86.3 Å². The van der Waals surface area contributed by atoms with Gasteiger partial charge in [0.25, 0.3) is 11.6 Å². The van der Waals surface area contributed by atoms with Crippen LogP contribution in [0, 0.1) is 10.1 Å². The number of methoxy groups -OCH3 is 1. The summed E-state index contributed by atoms with van der Waals surface area (Å²) in [7, 11) is 1.49. The Kier molecular flexibility index (Phi) is 7.09. The lowest BCUT2D eigenvalue weighted by atomic mass is 10.1. The molecular weight excluding hydrogens is 420 g/mol. The molecule has 0 saturated carbocycles. The third-order valence-electron chi connectivity index (χ3n) is 4.26. The van der Waals surface area contributed by atoms with Crippen molar-refractivity contribution < 1.29 is 28.4 Å². The maximum absolute atomic E-state index is 12.2. The lowest BCUT2D eigenvalue weighted by molar-refractivity contribution is -0.384. The molecule has 0 spiro atoms. The van der Waals surface area contributed by atoms with E-state index in [1.165, 1.54) is 55.7 Å². The number of nitro groups is 1. The Balaban J connectivity index is 1.73. The third-order valence-corrected chi connectivity index (χ3v) is 4.26. The first-order valence-electron chi connectivity index (χ1n) is 9.37. The van der Waals surface area contributed by atoms with Crippen LogP contribution in [-0.2, 0) is 9.53 Å². The second-order valence-corrected chi connectivity index (χ2v) is 6.50. The fourth-order valence-electron chi connectivity index (χ4n) is 2.73. The molecule has 164 valence electrons. The number of hydrogen-bond donors (Lipinski definition) is 1. The molecule has 0 fully saturated rings. The molecule has 3 rings (SSSR count). The summed E-state index contributed by atoms with van der Waals surface area (Å²) in [6.07, 6.45) is 2.50. The summed E-state index contributed by atoms with van der Waals surface area (Å²) < 4.78 is 15.2. The monoisotopic (exact) mass is 438 g/mol. The van der Waals surface area contributed by atoms with Crippen molar-refractivity contribution in [2.75, 3.05) is 20.3 Å². The molecule has 2 aromatic carbocycles. The van der Waals surface area contributed by atoms with Gasteiger partial charge in [0.2, 0.25) is 0 Å². The largest absolute Gasteiger partial charge is 0.423 e. The summed E-state index contributed by atoms with van der Waals surface area (Å²) in [5.41, 5.74) is -0.495. The summed E-state index contributed by atoms with van der Waals surface area (Å²) in [6.45, 7) is 0.542. The van der Waals surface area contributed by atoms with Crippen LogP contribution in [0.15, 0.2) is 63.8 Å². The van der Waals surface area contributed by atoms with Gasteiger partial charge < -0.3 is 19.2 Å². The molecule has 10 heteroatoms. The highest BCUT2D eigenvalue weighted by molar-refractivity contribution is 5.97. The minimum Gasteiger partial charge on any atom is -0.423 e. The Morgan fingerprint density at radius 1 is 1.19 bits per heavy atom. The number of nitro benzene ring substituents is 1. The van der Waals surface area contributed by atoms with Crippen molar-refractivity contribution in [3.63, 3.8) is 0 Å². The predicted molar refractivity (Wildman–Crippen MR) is 114 cm³/mol. The maximum atomic E-state index is 12.2. The van der Waals surface area contributed by atoms with E-state index in [4.69, 9.17) is 13.9 Å². The van der Waals surface area contributed by atoms with Gasteiger partial charge in [-0.15, -0.1) is 0 Å². The van der Waals surface area contributed by atoms with Gasteiger partial charge in [-0.3, -0.25) is 14.9 Å². The number of carbonyl (C=O) groups excluding carboxylic acids is 2. The third kappa shape index (κ3) is 5.64. The summed E-state index contributed by atoms with van der Waals surface area (Å²) >= 11 is 0. The molecule has 0 saturated heterocycles. The van der Waals surface area contributed by atoms with E-state index in [1.807, 2.05) is 0 Å². The van der Waals surface area contributed by atoms with Gasteiger partial charge in [-0.1, -0.05) is 12.1 Å². The van der Waals surface area contributed by atoms with Crippen LogP contribution in [0.4, 0.5) is 5.69 Å². The van der Waals surface area contributed by atoms with Crippen LogP contribution in [0.2, 0.25) is 0 Å². The number of nitrogens with zero attached hydrogens (tertiary/aromatic N) is 1. The Hall–Kier alpha value is -4.31. The first-order chi connectivity index (χ1) is 15.4. The number of ether oxygens (including phenoxy) is 2. The van der Waals surface area contributed by atoms with Crippen LogP contribution in [0.1, 0.15) is 15.9 Å². The molecule has 0 atom stereocenters. The zero-order valence-corrected chi connectivity index (χ0v) is 16.9. The van der Waals surface area contributed by atoms with Crippen LogP contribution in [0.25, 0.3) is 17.0 Å². The van der Waals surface area contributed by atoms with E-state index in [0.29, 0.717) is 17.6 Å². The Labute approximate surface area is 181 Å². The molecule has 0 aliphatic heterocycles. The SMILES string of the molecule is COCCNC(=O)c1cc2ccc(OC(=O)/C=C/c3cccc([N+](=O)[O-])c3)cc2oc1=O. The zero-order valence-electron chi connectivity index (χ0n) is 16.9. The number of carbonyl (C=O) groups is 2. The number of benzene rings is 2. The highest BCUT2D eigenvalue weighted by Crippen LogP contribution is 2.21. The number of fused-ring (bicyclic) bond motifs is 1. The molecule has 1 N–H and O–H groups in total. The molecule has 0 unspecified atom stereocenters. The van der Waals surface area contributed by atoms with Gasteiger partial charge in [0, 0.05) is 43.3 Å². The number of nitrogens with one attached hydrogen (secondary N) is 1. The summed E-state index contributed by atoms with van der Waals surface area (Å²) in [4.78, 5) is 46.6. The van der Waals surface area contributed by atoms with Crippen molar-refractivity contribution in [1.29, 1.82) is 0 Å². The van der Waals surface area contributed by atoms with Crippen molar-refractivity contribution in [2.45, 2.75) is 0 Å². The quantitative estimate of drug-likeness (QED) is 0.108. The van der Waals surface area contributed by atoms with E-state index in [0.717, 1.165) is 6.08 Å². The van der Waals surface area contributed by atoms with E-state index in [9.17, 15) is 24.5 Å². The van der Waals surface area contributed by atoms with Crippen molar-refractivity contribution in [2.24, 2.45) is 0 Å². The lowest BCUT2D eigenvalue weighted by Gasteiger charge is -2.06. The van der Waals surface area contributed by atoms with Gasteiger partial charge in [-0.25, -0.2) is 9.59 Å². The van der Waals surface area contributed by atoms with Crippen LogP contribution >= 0.6 is 0 Å². The minimum atomic E-state index is -0.832. The minimum absolute atomic E-state index is 0.100. The van der Waals surface area contributed by atoms with Crippen LogP contribution in [0.5, 0.6) is 5.75 Å². The molecule has 0 radical (unpaired) electrons. The molecule has 1 amide bonds. The van der Waals surface area contributed by atoms with E-state index in [2.05, 4.69) is 5.32 Å². The van der Waals surface area contributed by atoms with Gasteiger partial charge in [0.05, 0.1) is 11.5 Å². The topological polar surface area (TPSA) is 138 Å². The standard InChI is InChI=1S/C22H18N2O8/c1-30-10-9-23-21(26)18-12-15-6-7-17(13-19(15)32-22(18)27)31-20(25)8-5-14-3-2-4-16(11-14)24(28)29/h2-8,11-13H,9-10H2,1H3,(H,23,26)/b8-5+. The van der Waals surface area contributed by atoms with E-state index < -0.39 is 22.4 Å². The zero-order chi connectivity index (χ0) is 23.1. The number of rotatable bonds is 8. The highest BCUT2D eigenvalue weighted by atomic mass is 16.6. The predicted octanol–water partition coefficient (Wildman–Crippen LogP) is 2.70. The number of hydrogen-bond acceptors (Lipinski definition) is 8. The molecular formula is C22H18N2O8. The van der Waals surface area contributed by atoms with Crippen LogP contribution < -0.4 is 15.7 Å². The van der Waals surface area contributed by atoms with Crippen molar-refractivity contribution in [3.8, 4) is 5.75 Å². The summed E-state index contributed by atoms with van der Waals surface area (Å²) in [6, 6.07) is 11.5. The Morgan fingerprint density at radius 2 is 2.00 bits per heavy atom. The average molecular weight is 438 g/mol. The van der Waals surface area contributed by atoms with E-state index in [-0.39, 0.29) is 29.1 Å². The first-order valence-corrected chi connectivity index (χ1v) is 9.37. The Bertz CT molecular complexity index is 1260. The number of esters is 1. The fraction of sp³-hybridized carbons (Fsp3) is 0.136. The second-order valence-electron chi connectivity index (χ2n) is 6.50. The molecule has 1 aromatic heterocycles. The normalized spacial score (nSPS) is 10.9. The molecule has 0 aliphatic carbocycles. The Morgan fingerprint density at radius 3 is 2.75 bits per heavy atom. The molecule has 1 heterocycles. The highest BCUT2D eigenvalue weighted by Gasteiger charge is 2.14. The molecule has 3 aromatic rings. The molecule has 32 heavy (non-hydrogen) atoms. The van der Waals surface area contributed by atoms with Gasteiger partial charge in [-0.05, 0) is 29.8 Å². The first kappa shape index (κ1) is 22.4. The molecule has 0 aliphatic rings. The van der Waals surface area contributed by atoms with Gasteiger partial charge in [0.1, 0.15) is 16.9 Å². The van der Waals surface area contributed by atoms with Gasteiger partial charge >= 0.3 is 11.6 Å². The summed E-state index contributed by atoms with van der Waals surface area (Å²) in [5.74, 6) is -1.20. The number of amides is 1. The lowest BCUT2D eigenvalue weighted by Crippen LogP contribution is -2.30. The number of non-ortho nitro benzene ring substituents is 1. The average Bonchev–Trinajstić information content (AvgIpc) is 2.77. The van der Waals surface area contributed by atoms with Gasteiger partial charge in [-0.2, -0.15) is 0 Å². The fourth-order valence-corrected chi connectivity index (χ4v) is 2.73. The van der Waals surface area contributed by atoms with Crippen molar-refractivity contribution >= 4 is 34.6 Å². The maximum Gasteiger partial charge on any atom is 0.349 e. The van der Waals surface area contributed by atoms with Crippen LogP contribution in [-0.4, -0.2) is 37.1 Å². The smallest absolute Gasteiger partial charge is 0.349 e. The van der Waals surface area contributed by atoms with E-state index in [1.54, 1.807) is 6.07 Å².